The number of nitrogens with zero attached hydrogens (tertiary/aromatic N) is 5. The minimum absolute atomic E-state index is 0.0634. The molecule has 0 N–H and O–H groups in total. The summed E-state index contributed by atoms with van der Waals surface area (Å²) in [6.07, 6.45) is 0.284. The van der Waals surface area contributed by atoms with Gasteiger partial charge < -0.3 is 9.47 Å². The predicted octanol–water partition coefficient (Wildman–Crippen LogP) is 3.83. The van der Waals surface area contributed by atoms with E-state index in [1.54, 1.807) is 4.90 Å². The third-order valence-corrected chi connectivity index (χ3v) is 5.26. The van der Waals surface area contributed by atoms with Gasteiger partial charge in [-0.05, 0) is 25.1 Å². The van der Waals surface area contributed by atoms with Crippen LogP contribution >= 0.6 is 11.8 Å². The van der Waals surface area contributed by atoms with E-state index in [0.29, 0.717) is 11.7 Å². The van der Waals surface area contributed by atoms with Gasteiger partial charge >= 0.3 is 0 Å². The van der Waals surface area contributed by atoms with Crippen LogP contribution in [0.3, 0.4) is 0 Å². The Bertz CT molecular complexity index is 994. The molecule has 0 saturated carbocycles. The van der Waals surface area contributed by atoms with Crippen LogP contribution in [0.2, 0.25) is 0 Å². The van der Waals surface area contributed by atoms with Gasteiger partial charge in [0.2, 0.25) is 5.91 Å². The van der Waals surface area contributed by atoms with Gasteiger partial charge in [-0.25, -0.2) is 0 Å². The quantitative estimate of drug-likeness (QED) is 0.572. The lowest BCUT2D eigenvalue weighted by Gasteiger charge is -2.21. The van der Waals surface area contributed by atoms with E-state index in [9.17, 15) is 4.79 Å². The third kappa shape index (κ3) is 4.59. The van der Waals surface area contributed by atoms with E-state index in [1.807, 2.05) is 67.1 Å². The summed E-state index contributed by atoms with van der Waals surface area (Å²) >= 11 is 1.35. The number of amides is 1. The van der Waals surface area contributed by atoms with E-state index in [-0.39, 0.29) is 18.1 Å². The van der Waals surface area contributed by atoms with Crippen molar-refractivity contribution in [2.24, 2.45) is 7.05 Å². The Hall–Kier alpha value is -3.11. The first kappa shape index (κ1) is 19.6. The number of aromatic nitrogens is 3. The van der Waals surface area contributed by atoms with E-state index < -0.39 is 0 Å². The highest BCUT2D eigenvalue weighted by atomic mass is 32.2. The molecule has 3 rings (SSSR count). The van der Waals surface area contributed by atoms with Crippen molar-refractivity contribution in [2.45, 2.75) is 18.5 Å². The zero-order chi connectivity index (χ0) is 19.9. The molecule has 6 nitrogen and oxygen atoms in total. The summed E-state index contributed by atoms with van der Waals surface area (Å²) in [4.78, 5) is 14.4. The molecule has 0 fully saturated rings. The smallest absolute Gasteiger partial charge is 0.237 e. The fraction of sp³-hybridized carbons (Fsp3) is 0.238. The summed E-state index contributed by atoms with van der Waals surface area (Å²) in [5.74, 6) is 0.926. The number of anilines is 1. The summed E-state index contributed by atoms with van der Waals surface area (Å²) in [6, 6.07) is 19.6. The van der Waals surface area contributed by atoms with Crippen LogP contribution in [0.25, 0.3) is 11.4 Å². The van der Waals surface area contributed by atoms with Crippen molar-refractivity contribution < 1.29 is 4.79 Å². The fourth-order valence-corrected chi connectivity index (χ4v) is 3.63. The Kier molecular flexibility index (Phi) is 6.45. The molecule has 1 heterocycles. The van der Waals surface area contributed by atoms with Gasteiger partial charge in [0.1, 0.15) is 0 Å². The number of hydrogen-bond donors (Lipinski definition) is 0. The number of carbonyl (C=O) groups is 1. The van der Waals surface area contributed by atoms with Crippen LogP contribution in [-0.4, -0.2) is 33.0 Å². The number of para-hydroxylation sites is 1. The molecule has 3 aromatic rings. The molecule has 7 heteroatoms. The van der Waals surface area contributed by atoms with Crippen molar-refractivity contribution in [3.63, 3.8) is 0 Å². The summed E-state index contributed by atoms with van der Waals surface area (Å²) in [5.41, 5.74) is 2.94. The molecule has 0 saturated heterocycles. The Balaban J connectivity index is 1.72. The van der Waals surface area contributed by atoms with Gasteiger partial charge in [-0.2, -0.15) is 5.26 Å². The number of nitriles is 1. The number of hydrogen-bond acceptors (Lipinski definition) is 5. The van der Waals surface area contributed by atoms with E-state index >= 15 is 0 Å². The van der Waals surface area contributed by atoms with Gasteiger partial charge in [-0.1, -0.05) is 53.7 Å². The lowest BCUT2D eigenvalue weighted by atomic mass is 10.1. The Labute approximate surface area is 168 Å². The molecule has 2 aromatic carbocycles. The van der Waals surface area contributed by atoms with Crippen molar-refractivity contribution in [3.8, 4) is 17.5 Å². The maximum Gasteiger partial charge on any atom is 0.237 e. The number of carbonyl (C=O) groups excluding carboxylic acids is 1. The maximum atomic E-state index is 12.8. The van der Waals surface area contributed by atoms with E-state index in [0.717, 1.165) is 22.6 Å². The van der Waals surface area contributed by atoms with Crippen LogP contribution in [0.5, 0.6) is 0 Å². The normalized spacial score (nSPS) is 10.5. The summed E-state index contributed by atoms with van der Waals surface area (Å²) in [7, 11) is 1.90. The summed E-state index contributed by atoms with van der Waals surface area (Å²) < 4.78 is 1.90. The van der Waals surface area contributed by atoms with Crippen LogP contribution in [0, 0.1) is 18.3 Å². The Morgan fingerprint density at radius 3 is 2.68 bits per heavy atom. The van der Waals surface area contributed by atoms with Gasteiger partial charge in [0, 0.05) is 24.8 Å². The average Bonchev–Trinajstić information content (AvgIpc) is 3.08. The Morgan fingerprint density at radius 2 is 1.96 bits per heavy atom. The third-order valence-electron chi connectivity index (χ3n) is 4.25. The first-order chi connectivity index (χ1) is 13.6. The largest absolute Gasteiger partial charge is 0.311 e. The molecule has 0 aliphatic carbocycles. The van der Waals surface area contributed by atoms with Crippen molar-refractivity contribution in [1.29, 1.82) is 5.26 Å². The molecule has 1 aromatic heterocycles. The van der Waals surface area contributed by atoms with Crippen LogP contribution in [0.4, 0.5) is 5.69 Å². The average molecular weight is 392 g/mol. The first-order valence-corrected chi connectivity index (χ1v) is 9.90. The van der Waals surface area contributed by atoms with Crippen molar-refractivity contribution in [1.82, 2.24) is 14.8 Å². The zero-order valence-corrected chi connectivity index (χ0v) is 16.7. The van der Waals surface area contributed by atoms with Gasteiger partial charge in [0.05, 0.1) is 18.2 Å². The standard InChI is InChI=1S/C21H21N5OS/c1-16-8-6-9-17(14-16)20-23-24-21(25(20)2)28-15-19(27)26(13-7-12-22)18-10-4-3-5-11-18/h3-6,8-11,14H,7,13,15H2,1-2H3. The second kappa shape index (κ2) is 9.20. The molecule has 0 spiro atoms. The van der Waals surface area contributed by atoms with E-state index in [1.165, 1.54) is 11.8 Å². The zero-order valence-electron chi connectivity index (χ0n) is 15.9. The van der Waals surface area contributed by atoms with E-state index in [2.05, 4.69) is 22.3 Å². The molecule has 142 valence electrons. The molecule has 0 aliphatic rings. The highest BCUT2D eigenvalue weighted by Gasteiger charge is 2.18. The minimum atomic E-state index is -0.0634. The minimum Gasteiger partial charge on any atom is -0.311 e. The highest BCUT2D eigenvalue weighted by molar-refractivity contribution is 7.99. The number of benzene rings is 2. The monoisotopic (exact) mass is 391 g/mol. The fourth-order valence-electron chi connectivity index (χ4n) is 2.85. The first-order valence-electron chi connectivity index (χ1n) is 8.91. The molecule has 28 heavy (non-hydrogen) atoms. The van der Waals surface area contributed by atoms with Gasteiger partial charge in [-0.3, -0.25) is 4.79 Å². The molecule has 1 amide bonds. The van der Waals surface area contributed by atoms with Gasteiger partial charge in [0.15, 0.2) is 11.0 Å². The summed E-state index contributed by atoms with van der Waals surface area (Å²) in [5, 5.41) is 18.1. The second-order valence-electron chi connectivity index (χ2n) is 6.31. The van der Waals surface area contributed by atoms with E-state index in [4.69, 9.17) is 5.26 Å². The van der Waals surface area contributed by atoms with Crippen LogP contribution < -0.4 is 4.90 Å². The molecule has 0 aliphatic heterocycles. The van der Waals surface area contributed by atoms with Crippen LogP contribution in [-0.2, 0) is 11.8 Å². The molecule has 0 radical (unpaired) electrons. The summed E-state index contributed by atoms with van der Waals surface area (Å²) in [6.45, 7) is 2.40. The SMILES string of the molecule is Cc1cccc(-c2nnc(SCC(=O)N(CCC#N)c3ccccc3)n2C)c1. The number of aryl methyl sites for hydroxylation is 1. The van der Waals surface area contributed by atoms with Gasteiger partial charge in [-0.15, -0.1) is 10.2 Å². The molecular weight excluding hydrogens is 370 g/mol. The molecular formula is C21H21N5OS. The highest BCUT2D eigenvalue weighted by Crippen LogP contribution is 2.24. The van der Waals surface area contributed by atoms with Gasteiger partial charge in [0.25, 0.3) is 0 Å². The van der Waals surface area contributed by atoms with Crippen molar-refractivity contribution in [2.75, 3.05) is 17.2 Å². The topological polar surface area (TPSA) is 74.8 Å². The molecule has 0 atom stereocenters. The lowest BCUT2D eigenvalue weighted by Crippen LogP contribution is -2.33. The van der Waals surface area contributed by atoms with Crippen LogP contribution in [0.15, 0.2) is 59.8 Å². The van der Waals surface area contributed by atoms with Crippen LogP contribution in [0.1, 0.15) is 12.0 Å². The Morgan fingerprint density at radius 1 is 1.18 bits per heavy atom. The number of thioether (sulfide) groups is 1. The number of rotatable bonds is 7. The van der Waals surface area contributed by atoms with Crippen molar-refractivity contribution >= 4 is 23.4 Å². The second-order valence-corrected chi connectivity index (χ2v) is 7.25. The molecule has 0 bridgehead atoms. The predicted molar refractivity (Wildman–Crippen MR) is 111 cm³/mol. The van der Waals surface area contributed by atoms with Crippen molar-refractivity contribution in [3.05, 3.63) is 60.2 Å². The maximum absolute atomic E-state index is 12.8. The lowest BCUT2D eigenvalue weighted by molar-refractivity contribution is -0.116. The molecule has 0 unspecified atom stereocenters.